The molecule has 1 aliphatic rings. The molecule has 0 heterocycles. The Morgan fingerprint density at radius 3 is 2.60 bits per heavy atom. The number of hydrogen-bond acceptors (Lipinski definition) is 3. The first-order valence-electron chi connectivity index (χ1n) is 6.04. The summed E-state index contributed by atoms with van der Waals surface area (Å²) in [6.07, 6.45) is -2.71. The van der Waals surface area contributed by atoms with Crippen LogP contribution in [0.2, 0.25) is 0 Å². The first kappa shape index (κ1) is 15.2. The van der Waals surface area contributed by atoms with E-state index in [0.29, 0.717) is 0 Å². The van der Waals surface area contributed by atoms with E-state index in [4.69, 9.17) is 0 Å². The van der Waals surface area contributed by atoms with Crippen molar-refractivity contribution >= 4 is 27.6 Å². The molecule has 7 heteroatoms. The maximum atomic E-state index is 12.8. The fourth-order valence-electron chi connectivity index (χ4n) is 1.94. The third-order valence-electron chi connectivity index (χ3n) is 3.14. The number of halogens is 4. The number of benzene rings is 1. The van der Waals surface area contributed by atoms with E-state index in [0.717, 1.165) is 18.9 Å². The van der Waals surface area contributed by atoms with Crippen molar-refractivity contribution in [3.8, 4) is 0 Å². The highest BCUT2D eigenvalue weighted by molar-refractivity contribution is 9.10. The van der Waals surface area contributed by atoms with E-state index >= 15 is 0 Å². The number of rotatable bonds is 4. The van der Waals surface area contributed by atoms with E-state index < -0.39 is 23.8 Å². The van der Waals surface area contributed by atoms with Gasteiger partial charge in [-0.1, -0.05) is 15.9 Å². The summed E-state index contributed by atoms with van der Waals surface area (Å²) in [5.74, 6) is -0.329. The zero-order valence-corrected chi connectivity index (χ0v) is 12.2. The van der Waals surface area contributed by atoms with Crippen molar-refractivity contribution < 1.29 is 22.7 Å². The molecule has 0 saturated heterocycles. The van der Waals surface area contributed by atoms with Gasteiger partial charge in [-0.25, -0.2) is 4.79 Å². The number of methoxy groups -OCH3 is 1. The van der Waals surface area contributed by atoms with Gasteiger partial charge in [-0.15, -0.1) is 0 Å². The van der Waals surface area contributed by atoms with E-state index in [9.17, 15) is 18.0 Å². The van der Waals surface area contributed by atoms with Gasteiger partial charge in [-0.05, 0) is 37.0 Å². The van der Waals surface area contributed by atoms with Crippen LogP contribution >= 0.6 is 15.9 Å². The van der Waals surface area contributed by atoms with Gasteiger partial charge in [0.15, 0.2) is 0 Å². The molecule has 1 unspecified atom stereocenters. The molecule has 1 atom stereocenters. The highest BCUT2D eigenvalue weighted by atomic mass is 79.9. The lowest BCUT2D eigenvalue weighted by atomic mass is 10.1. The zero-order chi connectivity index (χ0) is 14.9. The Balaban J connectivity index is 2.22. The molecular weight excluding hydrogens is 339 g/mol. The van der Waals surface area contributed by atoms with Gasteiger partial charge < -0.3 is 10.1 Å². The number of carbonyl (C=O) groups excluding carboxylic acids is 1. The summed E-state index contributed by atoms with van der Waals surface area (Å²) in [6, 6.07) is 3.20. The molecule has 0 bridgehead atoms. The highest BCUT2D eigenvalue weighted by Gasteiger charge is 2.38. The molecule has 3 nitrogen and oxygen atoms in total. The maximum absolute atomic E-state index is 12.8. The molecule has 0 radical (unpaired) electrons. The van der Waals surface area contributed by atoms with Crippen molar-refractivity contribution in [2.24, 2.45) is 5.92 Å². The van der Waals surface area contributed by atoms with E-state index in [1.165, 1.54) is 19.2 Å². The minimum atomic E-state index is -4.45. The Bertz CT molecular complexity index is 515. The van der Waals surface area contributed by atoms with Crippen molar-refractivity contribution in [2.75, 3.05) is 12.4 Å². The molecule has 0 aliphatic heterocycles. The SMILES string of the molecule is COC(=O)C(Nc1ccc(Br)c(C(F)(F)F)c1)C1CC1. The summed E-state index contributed by atoms with van der Waals surface area (Å²) >= 11 is 2.88. The lowest BCUT2D eigenvalue weighted by Gasteiger charge is -2.18. The van der Waals surface area contributed by atoms with Gasteiger partial charge in [0.2, 0.25) is 0 Å². The van der Waals surface area contributed by atoms with Crippen molar-refractivity contribution in [1.29, 1.82) is 0 Å². The second-order valence-electron chi connectivity index (χ2n) is 4.67. The minimum Gasteiger partial charge on any atom is -0.467 e. The fourth-order valence-corrected chi connectivity index (χ4v) is 2.41. The van der Waals surface area contributed by atoms with Crippen LogP contribution < -0.4 is 5.32 Å². The van der Waals surface area contributed by atoms with E-state index in [1.54, 1.807) is 0 Å². The summed E-state index contributed by atoms with van der Waals surface area (Å²) in [5, 5.41) is 2.84. The van der Waals surface area contributed by atoms with Crippen LogP contribution in [0.25, 0.3) is 0 Å². The lowest BCUT2D eigenvalue weighted by molar-refractivity contribution is -0.142. The maximum Gasteiger partial charge on any atom is 0.417 e. The van der Waals surface area contributed by atoms with Gasteiger partial charge in [-0.3, -0.25) is 0 Å². The van der Waals surface area contributed by atoms with Crippen molar-refractivity contribution in [3.63, 3.8) is 0 Å². The third-order valence-corrected chi connectivity index (χ3v) is 3.83. The number of alkyl halides is 3. The molecule has 20 heavy (non-hydrogen) atoms. The van der Waals surface area contributed by atoms with Gasteiger partial charge >= 0.3 is 12.1 Å². The molecule has 110 valence electrons. The highest BCUT2D eigenvalue weighted by Crippen LogP contribution is 2.38. The van der Waals surface area contributed by atoms with Gasteiger partial charge in [-0.2, -0.15) is 13.2 Å². The Kier molecular flexibility index (Phi) is 4.27. The van der Waals surface area contributed by atoms with Crippen LogP contribution in [0.15, 0.2) is 22.7 Å². The second-order valence-corrected chi connectivity index (χ2v) is 5.53. The molecule has 0 aromatic heterocycles. The largest absolute Gasteiger partial charge is 0.467 e. The molecule has 0 spiro atoms. The molecule has 1 aromatic rings. The Morgan fingerprint density at radius 1 is 1.45 bits per heavy atom. The van der Waals surface area contributed by atoms with Crippen LogP contribution in [0.1, 0.15) is 18.4 Å². The molecule has 2 rings (SSSR count). The fraction of sp³-hybridized carbons (Fsp3) is 0.462. The number of ether oxygens (including phenoxy) is 1. The monoisotopic (exact) mass is 351 g/mol. The van der Waals surface area contributed by atoms with E-state index in [1.807, 2.05) is 0 Å². The lowest BCUT2D eigenvalue weighted by Crippen LogP contribution is -2.32. The van der Waals surface area contributed by atoms with Crippen molar-refractivity contribution in [3.05, 3.63) is 28.2 Å². The van der Waals surface area contributed by atoms with Crippen LogP contribution in [0.3, 0.4) is 0 Å². The standard InChI is InChI=1S/C13H13BrF3NO2/c1-20-12(19)11(7-2-3-7)18-8-4-5-10(14)9(6-8)13(15,16)17/h4-7,11,18H,2-3H2,1H3. The predicted octanol–water partition coefficient (Wildman–Crippen LogP) is 3.83. The number of hydrogen-bond donors (Lipinski definition) is 1. The molecular formula is C13H13BrF3NO2. The predicted molar refractivity (Wildman–Crippen MR) is 71.3 cm³/mol. The summed E-state index contributed by atoms with van der Waals surface area (Å²) in [7, 11) is 1.27. The first-order chi connectivity index (χ1) is 9.32. The molecule has 1 aromatic carbocycles. The van der Waals surface area contributed by atoms with Gasteiger partial charge in [0.1, 0.15) is 6.04 Å². The van der Waals surface area contributed by atoms with E-state index in [2.05, 4.69) is 26.0 Å². The summed E-state index contributed by atoms with van der Waals surface area (Å²) in [6.45, 7) is 0. The number of esters is 1. The quantitative estimate of drug-likeness (QED) is 0.837. The summed E-state index contributed by atoms with van der Waals surface area (Å²) < 4.78 is 43.1. The first-order valence-corrected chi connectivity index (χ1v) is 6.83. The van der Waals surface area contributed by atoms with Crippen LogP contribution in [0.5, 0.6) is 0 Å². The zero-order valence-electron chi connectivity index (χ0n) is 10.6. The third kappa shape index (κ3) is 3.45. The minimum absolute atomic E-state index is 0.0309. The average Bonchev–Trinajstić information content (AvgIpc) is 3.19. The van der Waals surface area contributed by atoms with Gasteiger partial charge in [0, 0.05) is 10.2 Å². The second kappa shape index (κ2) is 5.63. The van der Waals surface area contributed by atoms with Crippen molar-refractivity contribution in [1.82, 2.24) is 0 Å². The Hall–Kier alpha value is -1.24. The number of carbonyl (C=O) groups is 1. The number of nitrogens with one attached hydrogen (secondary N) is 1. The molecule has 1 N–H and O–H groups in total. The molecule has 0 amide bonds. The summed E-state index contributed by atoms with van der Waals surface area (Å²) in [5.41, 5.74) is -0.523. The van der Waals surface area contributed by atoms with Gasteiger partial charge in [0.05, 0.1) is 12.7 Å². The smallest absolute Gasteiger partial charge is 0.417 e. The van der Waals surface area contributed by atoms with E-state index in [-0.39, 0.29) is 16.1 Å². The van der Waals surface area contributed by atoms with Crippen LogP contribution in [0, 0.1) is 5.92 Å². The van der Waals surface area contributed by atoms with Crippen molar-refractivity contribution in [2.45, 2.75) is 25.1 Å². The normalized spacial score (nSPS) is 16.6. The Labute approximate surface area is 122 Å². The molecule has 1 aliphatic carbocycles. The topological polar surface area (TPSA) is 38.3 Å². The molecule has 1 fully saturated rings. The number of anilines is 1. The average molecular weight is 352 g/mol. The van der Waals surface area contributed by atoms with Crippen LogP contribution in [-0.4, -0.2) is 19.1 Å². The summed E-state index contributed by atoms with van der Waals surface area (Å²) in [4.78, 5) is 11.6. The molecule has 1 saturated carbocycles. The van der Waals surface area contributed by atoms with Crippen LogP contribution in [-0.2, 0) is 15.7 Å². The van der Waals surface area contributed by atoms with Crippen LogP contribution in [0.4, 0.5) is 18.9 Å². The van der Waals surface area contributed by atoms with Gasteiger partial charge in [0.25, 0.3) is 0 Å². The Morgan fingerprint density at radius 2 is 2.10 bits per heavy atom.